The minimum absolute atomic E-state index is 0.263. The van der Waals surface area contributed by atoms with E-state index in [1.807, 2.05) is 29.2 Å². The van der Waals surface area contributed by atoms with Crippen LogP contribution in [0.1, 0.15) is 0 Å². The number of piperazine rings is 1. The fourth-order valence-electron chi connectivity index (χ4n) is 2.93. The van der Waals surface area contributed by atoms with E-state index in [1.165, 1.54) is 4.31 Å². The summed E-state index contributed by atoms with van der Waals surface area (Å²) in [5.74, 6) is 1.36. The van der Waals surface area contributed by atoms with Crippen molar-refractivity contribution < 1.29 is 17.9 Å². The summed E-state index contributed by atoms with van der Waals surface area (Å²) in [7, 11) is -0.375. The van der Waals surface area contributed by atoms with E-state index in [4.69, 9.17) is 21.7 Å². The highest BCUT2D eigenvalue weighted by Crippen LogP contribution is 2.21. The average Bonchev–Trinajstić information content (AvgIpc) is 2.74. The summed E-state index contributed by atoms with van der Waals surface area (Å²) in [6.07, 6.45) is 0. The second-order valence-corrected chi connectivity index (χ2v) is 8.55. The Hall–Kier alpha value is -2.36. The molecule has 1 aliphatic heterocycles. The van der Waals surface area contributed by atoms with Gasteiger partial charge in [-0.1, -0.05) is 6.07 Å². The number of nitrogens with one attached hydrogen (secondary N) is 1. The van der Waals surface area contributed by atoms with Crippen LogP contribution in [0, 0.1) is 0 Å². The highest BCUT2D eigenvalue weighted by Gasteiger charge is 2.29. The largest absolute Gasteiger partial charge is 0.497 e. The van der Waals surface area contributed by atoms with E-state index in [0.29, 0.717) is 37.0 Å². The maximum Gasteiger partial charge on any atom is 0.243 e. The van der Waals surface area contributed by atoms with E-state index >= 15 is 0 Å². The summed E-state index contributed by atoms with van der Waals surface area (Å²) < 4.78 is 37.4. The van der Waals surface area contributed by atoms with E-state index in [0.717, 1.165) is 11.4 Å². The predicted molar refractivity (Wildman–Crippen MR) is 113 cm³/mol. The normalized spacial score (nSPS) is 15.1. The van der Waals surface area contributed by atoms with Crippen molar-refractivity contribution in [1.29, 1.82) is 0 Å². The molecule has 1 fully saturated rings. The van der Waals surface area contributed by atoms with Crippen LogP contribution in [-0.4, -0.2) is 63.1 Å². The number of methoxy groups -OCH3 is 2. The Kier molecular flexibility index (Phi) is 6.38. The van der Waals surface area contributed by atoms with Crippen LogP contribution in [0.5, 0.6) is 11.5 Å². The summed E-state index contributed by atoms with van der Waals surface area (Å²) in [5, 5.41) is 3.74. The van der Waals surface area contributed by atoms with E-state index < -0.39 is 10.0 Å². The first kappa shape index (κ1) is 20.4. The van der Waals surface area contributed by atoms with Gasteiger partial charge in [0.2, 0.25) is 10.0 Å². The Labute approximate surface area is 170 Å². The molecule has 2 aromatic rings. The van der Waals surface area contributed by atoms with Crippen LogP contribution in [0.15, 0.2) is 53.4 Å². The van der Waals surface area contributed by atoms with Crippen LogP contribution in [-0.2, 0) is 10.0 Å². The Morgan fingerprint density at radius 1 is 0.964 bits per heavy atom. The van der Waals surface area contributed by atoms with Crippen molar-refractivity contribution >= 4 is 33.0 Å². The lowest BCUT2D eigenvalue weighted by Crippen LogP contribution is -2.51. The summed E-state index contributed by atoms with van der Waals surface area (Å²) >= 11 is 5.48. The third-order valence-corrected chi connectivity index (χ3v) is 6.82. The van der Waals surface area contributed by atoms with Gasteiger partial charge in [-0.05, 0) is 48.6 Å². The van der Waals surface area contributed by atoms with Gasteiger partial charge in [0.15, 0.2) is 5.11 Å². The SMILES string of the molecule is COc1ccc(S(=O)(=O)N2CCN(C(=S)Nc3cccc(OC)c3)CC2)cc1. The lowest BCUT2D eigenvalue weighted by molar-refractivity contribution is 0.268. The number of nitrogens with zero attached hydrogens (tertiary/aromatic N) is 2. The average molecular weight is 422 g/mol. The second kappa shape index (κ2) is 8.76. The fourth-order valence-corrected chi connectivity index (χ4v) is 4.65. The second-order valence-electron chi connectivity index (χ2n) is 6.23. The first-order valence-electron chi connectivity index (χ1n) is 8.78. The number of hydrogen-bond donors (Lipinski definition) is 1. The number of thiocarbonyl (C=S) groups is 1. The van der Waals surface area contributed by atoms with Crippen molar-refractivity contribution in [3.8, 4) is 11.5 Å². The number of benzene rings is 2. The Morgan fingerprint density at radius 2 is 1.61 bits per heavy atom. The van der Waals surface area contributed by atoms with Crippen LogP contribution in [0.3, 0.4) is 0 Å². The molecule has 0 spiro atoms. The molecule has 28 heavy (non-hydrogen) atoms. The molecule has 1 aliphatic rings. The first-order valence-corrected chi connectivity index (χ1v) is 10.6. The zero-order chi connectivity index (χ0) is 20.1. The summed E-state index contributed by atoms with van der Waals surface area (Å²) in [4.78, 5) is 2.23. The molecule has 150 valence electrons. The molecule has 0 aliphatic carbocycles. The Balaban J connectivity index is 1.60. The minimum atomic E-state index is -3.53. The van der Waals surface area contributed by atoms with Gasteiger partial charge in [0, 0.05) is 37.9 Å². The van der Waals surface area contributed by atoms with Crippen molar-refractivity contribution in [2.45, 2.75) is 4.90 Å². The molecule has 1 N–H and O–H groups in total. The molecule has 2 aromatic carbocycles. The first-order chi connectivity index (χ1) is 13.4. The number of rotatable bonds is 5. The number of ether oxygens (including phenoxy) is 2. The number of hydrogen-bond acceptors (Lipinski definition) is 5. The zero-order valence-electron chi connectivity index (χ0n) is 15.8. The van der Waals surface area contributed by atoms with Gasteiger partial charge < -0.3 is 19.7 Å². The number of sulfonamides is 1. The van der Waals surface area contributed by atoms with Gasteiger partial charge >= 0.3 is 0 Å². The Bertz CT molecular complexity index is 924. The summed E-state index contributed by atoms with van der Waals surface area (Å²) in [6.45, 7) is 1.78. The van der Waals surface area contributed by atoms with Gasteiger partial charge in [-0.25, -0.2) is 8.42 Å². The molecule has 0 saturated carbocycles. The van der Waals surface area contributed by atoms with Crippen molar-refractivity contribution in [2.24, 2.45) is 0 Å². The molecule has 3 rings (SSSR count). The van der Waals surface area contributed by atoms with Crippen molar-refractivity contribution in [1.82, 2.24) is 9.21 Å². The van der Waals surface area contributed by atoms with Gasteiger partial charge in [-0.3, -0.25) is 0 Å². The highest BCUT2D eigenvalue weighted by molar-refractivity contribution is 7.89. The van der Waals surface area contributed by atoms with Crippen LogP contribution >= 0.6 is 12.2 Å². The van der Waals surface area contributed by atoms with Gasteiger partial charge in [-0.15, -0.1) is 0 Å². The molecule has 0 radical (unpaired) electrons. The molecule has 0 unspecified atom stereocenters. The minimum Gasteiger partial charge on any atom is -0.497 e. The van der Waals surface area contributed by atoms with E-state index in [9.17, 15) is 8.42 Å². The van der Waals surface area contributed by atoms with Crippen molar-refractivity contribution in [3.63, 3.8) is 0 Å². The molecule has 0 atom stereocenters. The van der Waals surface area contributed by atoms with Gasteiger partial charge in [0.25, 0.3) is 0 Å². The molecule has 0 bridgehead atoms. The van der Waals surface area contributed by atoms with Gasteiger partial charge in [0.1, 0.15) is 11.5 Å². The lowest BCUT2D eigenvalue weighted by atomic mass is 10.3. The van der Waals surface area contributed by atoms with Crippen LogP contribution in [0.4, 0.5) is 5.69 Å². The molecule has 1 saturated heterocycles. The third kappa shape index (κ3) is 4.54. The lowest BCUT2D eigenvalue weighted by Gasteiger charge is -2.35. The molecule has 0 aromatic heterocycles. The van der Waals surface area contributed by atoms with E-state index in [2.05, 4.69) is 5.32 Å². The topological polar surface area (TPSA) is 71.1 Å². The smallest absolute Gasteiger partial charge is 0.243 e. The molecular formula is C19H23N3O4S2. The van der Waals surface area contributed by atoms with Crippen LogP contribution in [0.2, 0.25) is 0 Å². The maximum atomic E-state index is 12.8. The van der Waals surface area contributed by atoms with Gasteiger partial charge in [-0.2, -0.15) is 4.31 Å². The van der Waals surface area contributed by atoms with Crippen LogP contribution < -0.4 is 14.8 Å². The van der Waals surface area contributed by atoms with Crippen LogP contribution in [0.25, 0.3) is 0 Å². The molecule has 0 amide bonds. The third-order valence-electron chi connectivity index (χ3n) is 4.54. The summed E-state index contributed by atoms with van der Waals surface area (Å²) in [6, 6.07) is 13.9. The Morgan fingerprint density at radius 3 is 2.21 bits per heavy atom. The van der Waals surface area contributed by atoms with Gasteiger partial charge in [0.05, 0.1) is 19.1 Å². The highest BCUT2D eigenvalue weighted by atomic mass is 32.2. The summed E-state index contributed by atoms with van der Waals surface area (Å²) in [5.41, 5.74) is 0.831. The van der Waals surface area contributed by atoms with Crippen molar-refractivity contribution in [3.05, 3.63) is 48.5 Å². The zero-order valence-corrected chi connectivity index (χ0v) is 17.4. The predicted octanol–water partition coefficient (Wildman–Crippen LogP) is 2.41. The fraction of sp³-hybridized carbons (Fsp3) is 0.316. The van der Waals surface area contributed by atoms with E-state index in [-0.39, 0.29) is 4.90 Å². The van der Waals surface area contributed by atoms with Crippen molar-refractivity contribution in [2.75, 3.05) is 45.7 Å². The molecule has 9 heteroatoms. The standard InChI is InChI=1S/C19H23N3O4S2/c1-25-16-6-8-18(9-7-16)28(23,24)22-12-10-21(11-13-22)19(27)20-15-4-3-5-17(14-15)26-2/h3-9,14H,10-13H2,1-2H3,(H,20,27). The van der Waals surface area contributed by atoms with E-state index in [1.54, 1.807) is 38.5 Å². The molecule has 7 nitrogen and oxygen atoms in total. The number of anilines is 1. The molecule has 1 heterocycles. The quantitative estimate of drug-likeness (QED) is 0.744. The maximum absolute atomic E-state index is 12.8. The molecular weight excluding hydrogens is 398 g/mol. The monoisotopic (exact) mass is 421 g/mol.